The van der Waals surface area contributed by atoms with Crippen molar-refractivity contribution in [3.05, 3.63) is 29.8 Å². The molecule has 0 bridgehead atoms. The van der Waals surface area contributed by atoms with E-state index in [9.17, 15) is 17.9 Å². The number of alkyl halides is 1. The highest BCUT2D eigenvalue weighted by Gasteiger charge is 2.18. The zero-order chi connectivity index (χ0) is 10.8. The fraction of sp³-hybridized carbons (Fsp3) is 0.250. The second-order valence-corrected chi connectivity index (χ2v) is 4.28. The van der Waals surface area contributed by atoms with Crippen molar-refractivity contribution in [3.63, 3.8) is 0 Å². The number of halogens is 1. The van der Waals surface area contributed by atoms with Crippen LogP contribution in [0.5, 0.6) is 0 Å². The summed E-state index contributed by atoms with van der Waals surface area (Å²) in [6.07, 6.45) is -1.45. The molecule has 78 valence electrons. The monoisotopic (exact) mass is 219 g/mol. The molecule has 14 heavy (non-hydrogen) atoms. The maximum atomic E-state index is 12.2. The van der Waals surface area contributed by atoms with Gasteiger partial charge in [0.05, 0.1) is 4.90 Å². The number of aliphatic hydroxyl groups is 1. The first kappa shape index (κ1) is 11.1. The van der Waals surface area contributed by atoms with E-state index in [1.54, 1.807) is 0 Å². The van der Waals surface area contributed by atoms with E-state index in [1.807, 2.05) is 0 Å². The lowest BCUT2D eigenvalue weighted by Crippen LogP contribution is -2.16. The summed E-state index contributed by atoms with van der Waals surface area (Å²) in [6.45, 7) is -1.05. The molecule has 3 N–H and O–H groups in total. The lowest BCUT2D eigenvalue weighted by molar-refractivity contribution is 0.139. The zero-order valence-corrected chi connectivity index (χ0v) is 8.04. The van der Waals surface area contributed by atoms with Crippen LogP contribution in [-0.2, 0) is 10.0 Å². The number of primary sulfonamides is 1. The standard InChI is InChI=1S/C8H10FNO3S/c9-5-7(11)6-3-1-2-4-8(6)14(10,12)13/h1-4,7,11H,5H2,(H2,10,12,13)/t7-/m0/s1. The first-order chi connectivity index (χ1) is 6.46. The fourth-order valence-electron chi connectivity index (χ4n) is 1.10. The third-order valence-corrected chi connectivity index (χ3v) is 2.72. The first-order valence-electron chi connectivity index (χ1n) is 3.82. The first-order valence-corrected chi connectivity index (χ1v) is 5.37. The zero-order valence-electron chi connectivity index (χ0n) is 7.22. The highest BCUT2D eigenvalue weighted by molar-refractivity contribution is 7.89. The van der Waals surface area contributed by atoms with Crippen molar-refractivity contribution in [2.75, 3.05) is 6.67 Å². The quantitative estimate of drug-likeness (QED) is 0.769. The van der Waals surface area contributed by atoms with E-state index >= 15 is 0 Å². The molecule has 0 aromatic heterocycles. The second-order valence-electron chi connectivity index (χ2n) is 2.75. The van der Waals surface area contributed by atoms with Crippen molar-refractivity contribution < 1.29 is 17.9 Å². The van der Waals surface area contributed by atoms with Crippen molar-refractivity contribution >= 4 is 10.0 Å². The number of aliphatic hydroxyl groups excluding tert-OH is 1. The molecule has 1 rings (SSSR count). The van der Waals surface area contributed by atoms with Gasteiger partial charge in [-0.3, -0.25) is 0 Å². The summed E-state index contributed by atoms with van der Waals surface area (Å²) >= 11 is 0. The average Bonchev–Trinajstić information content (AvgIpc) is 2.15. The minimum atomic E-state index is -3.92. The molecule has 0 fully saturated rings. The predicted molar refractivity (Wildman–Crippen MR) is 48.8 cm³/mol. The summed E-state index contributed by atoms with van der Waals surface area (Å²) in [7, 11) is -3.92. The molecule has 4 nitrogen and oxygen atoms in total. The Kier molecular flexibility index (Phi) is 3.20. The Balaban J connectivity index is 3.30. The highest BCUT2D eigenvalue weighted by atomic mass is 32.2. The van der Waals surface area contributed by atoms with Crippen LogP contribution in [0.1, 0.15) is 11.7 Å². The number of benzene rings is 1. The van der Waals surface area contributed by atoms with Crippen LogP contribution in [0, 0.1) is 0 Å². The van der Waals surface area contributed by atoms with E-state index in [0.717, 1.165) is 0 Å². The third kappa shape index (κ3) is 2.28. The molecule has 0 radical (unpaired) electrons. The SMILES string of the molecule is NS(=O)(=O)c1ccccc1[C@@H](O)CF. The Hall–Kier alpha value is -0.980. The largest absolute Gasteiger partial charge is 0.386 e. The Morgan fingerprint density at radius 2 is 2.00 bits per heavy atom. The van der Waals surface area contributed by atoms with Crippen LogP contribution >= 0.6 is 0 Å². The van der Waals surface area contributed by atoms with Gasteiger partial charge in [0, 0.05) is 5.56 Å². The van der Waals surface area contributed by atoms with Gasteiger partial charge in [0.25, 0.3) is 0 Å². The molecule has 0 aliphatic rings. The van der Waals surface area contributed by atoms with Crippen LogP contribution in [0.2, 0.25) is 0 Å². The van der Waals surface area contributed by atoms with Crippen LogP contribution in [0.4, 0.5) is 4.39 Å². The molecular formula is C8H10FNO3S. The van der Waals surface area contributed by atoms with E-state index in [-0.39, 0.29) is 10.5 Å². The smallest absolute Gasteiger partial charge is 0.238 e. The van der Waals surface area contributed by atoms with Gasteiger partial charge in [-0.05, 0) is 6.07 Å². The number of rotatable bonds is 3. The number of sulfonamides is 1. The molecule has 0 unspecified atom stereocenters. The predicted octanol–water partition coefficient (Wildman–Crippen LogP) is 0.337. The number of hydrogen-bond donors (Lipinski definition) is 2. The van der Waals surface area contributed by atoms with Crippen LogP contribution in [0.3, 0.4) is 0 Å². The van der Waals surface area contributed by atoms with Gasteiger partial charge in [-0.25, -0.2) is 17.9 Å². The molecule has 0 aliphatic carbocycles. The van der Waals surface area contributed by atoms with E-state index in [4.69, 9.17) is 5.14 Å². The minimum absolute atomic E-state index is 0.0162. The molecule has 0 spiro atoms. The molecule has 0 aliphatic heterocycles. The van der Waals surface area contributed by atoms with Gasteiger partial charge in [0.2, 0.25) is 10.0 Å². The van der Waals surface area contributed by atoms with Gasteiger partial charge in [0.1, 0.15) is 12.8 Å². The normalized spacial score (nSPS) is 13.9. The van der Waals surface area contributed by atoms with Gasteiger partial charge in [0.15, 0.2) is 0 Å². The van der Waals surface area contributed by atoms with Crippen molar-refractivity contribution in [1.82, 2.24) is 0 Å². The summed E-state index contributed by atoms with van der Waals surface area (Å²) in [4.78, 5) is -0.245. The van der Waals surface area contributed by atoms with Crippen LogP contribution in [0.25, 0.3) is 0 Å². The van der Waals surface area contributed by atoms with Crippen molar-refractivity contribution in [2.45, 2.75) is 11.0 Å². The summed E-state index contributed by atoms with van der Waals surface area (Å²) in [5, 5.41) is 14.1. The summed E-state index contributed by atoms with van der Waals surface area (Å²) < 4.78 is 34.2. The van der Waals surface area contributed by atoms with Gasteiger partial charge in [-0.2, -0.15) is 0 Å². The van der Waals surface area contributed by atoms with Gasteiger partial charge >= 0.3 is 0 Å². The second kappa shape index (κ2) is 4.04. The van der Waals surface area contributed by atoms with Crippen LogP contribution in [0.15, 0.2) is 29.2 Å². The fourth-order valence-corrected chi connectivity index (χ4v) is 1.90. The van der Waals surface area contributed by atoms with E-state index < -0.39 is 22.8 Å². The average molecular weight is 219 g/mol. The maximum absolute atomic E-state index is 12.2. The molecule has 0 amide bonds. The lowest BCUT2D eigenvalue weighted by Gasteiger charge is -2.10. The van der Waals surface area contributed by atoms with Crippen LogP contribution in [-0.4, -0.2) is 20.2 Å². The Labute approximate surface area is 81.2 Å². The van der Waals surface area contributed by atoms with Crippen LogP contribution < -0.4 is 5.14 Å². The van der Waals surface area contributed by atoms with E-state index in [2.05, 4.69) is 0 Å². The minimum Gasteiger partial charge on any atom is -0.386 e. The number of nitrogens with two attached hydrogens (primary N) is 1. The molecule has 0 saturated carbocycles. The van der Waals surface area contributed by atoms with E-state index in [0.29, 0.717) is 0 Å². The maximum Gasteiger partial charge on any atom is 0.238 e. The molecule has 1 atom stereocenters. The Morgan fingerprint density at radius 3 is 2.50 bits per heavy atom. The summed E-state index contributed by atoms with van der Waals surface area (Å²) in [5.74, 6) is 0. The number of hydrogen-bond acceptors (Lipinski definition) is 3. The van der Waals surface area contributed by atoms with Crippen molar-refractivity contribution in [3.8, 4) is 0 Å². The third-order valence-electron chi connectivity index (χ3n) is 1.73. The molecule has 1 aromatic carbocycles. The molecule has 6 heteroatoms. The van der Waals surface area contributed by atoms with Gasteiger partial charge in [-0.15, -0.1) is 0 Å². The molecular weight excluding hydrogens is 209 g/mol. The molecule has 1 aromatic rings. The summed E-state index contributed by atoms with van der Waals surface area (Å²) in [5.41, 5.74) is -0.0162. The van der Waals surface area contributed by atoms with Gasteiger partial charge < -0.3 is 5.11 Å². The van der Waals surface area contributed by atoms with Gasteiger partial charge in [-0.1, -0.05) is 18.2 Å². The van der Waals surface area contributed by atoms with Crippen molar-refractivity contribution in [1.29, 1.82) is 0 Å². The lowest BCUT2D eigenvalue weighted by atomic mass is 10.1. The topological polar surface area (TPSA) is 80.4 Å². The van der Waals surface area contributed by atoms with E-state index in [1.165, 1.54) is 24.3 Å². The molecule has 0 heterocycles. The van der Waals surface area contributed by atoms with Crippen molar-refractivity contribution in [2.24, 2.45) is 5.14 Å². The summed E-state index contributed by atoms with van der Waals surface area (Å²) in [6, 6.07) is 5.50. The molecule has 0 saturated heterocycles. The highest BCUT2D eigenvalue weighted by Crippen LogP contribution is 2.21. The Bertz CT molecular complexity index is 418. The Morgan fingerprint density at radius 1 is 1.43 bits per heavy atom.